The van der Waals surface area contributed by atoms with Gasteiger partial charge in [0.25, 0.3) is 0 Å². The summed E-state index contributed by atoms with van der Waals surface area (Å²) in [4.78, 5) is 14.3. The fourth-order valence-electron chi connectivity index (χ4n) is 3.15. The van der Waals surface area contributed by atoms with Crippen molar-refractivity contribution >= 4 is 17.9 Å². The maximum atomic E-state index is 12.4. The van der Waals surface area contributed by atoms with Gasteiger partial charge in [-0.05, 0) is 58.5 Å². The lowest BCUT2D eigenvalue weighted by atomic mass is 10.0. The van der Waals surface area contributed by atoms with Gasteiger partial charge in [-0.25, -0.2) is 4.79 Å². The van der Waals surface area contributed by atoms with Crippen molar-refractivity contribution in [3.05, 3.63) is 0 Å². The van der Waals surface area contributed by atoms with Gasteiger partial charge in [0.15, 0.2) is 0 Å². The summed E-state index contributed by atoms with van der Waals surface area (Å²) in [6, 6.07) is 1.09. The van der Waals surface area contributed by atoms with E-state index in [1.807, 2.05) is 37.4 Å². The number of carbonyl (C=O) groups excluding carboxylic acids is 1. The maximum absolute atomic E-state index is 12.4. The van der Waals surface area contributed by atoms with E-state index in [1.54, 1.807) is 0 Å². The van der Waals surface area contributed by atoms with Gasteiger partial charge in [-0.3, -0.25) is 0 Å². The maximum Gasteiger partial charge on any atom is 0.410 e. The monoisotopic (exact) mass is 344 g/mol. The SMILES string of the molecule is CC(CC1COCCN1C(=O)OC(C)(C)C)NC1CCSCC1. The summed E-state index contributed by atoms with van der Waals surface area (Å²) < 4.78 is 11.2. The Balaban J connectivity index is 1.85. The molecule has 2 aliphatic rings. The highest BCUT2D eigenvalue weighted by molar-refractivity contribution is 7.99. The molecule has 2 aliphatic heterocycles. The van der Waals surface area contributed by atoms with Gasteiger partial charge in [0, 0.05) is 18.6 Å². The number of nitrogens with one attached hydrogen (secondary N) is 1. The Morgan fingerprint density at radius 2 is 2.09 bits per heavy atom. The van der Waals surface area contributed by atoms with Gasteiger partial charge in [0.2, 0.25) is 0 Å². The summed E-state index contributed by atoms with van der Waals surface area (Å²) in [6.07, 6.45) is 3.17. The second-order valence-electron chi connectivity index (χ2n) is 7.59. The van der Waals surface area contributed by atoms with Crippen molar-refractivity contribution in [2.24, 2.45) is 0 Å². The van der Waals surface area contributed by atoms with Gasteiger partial charge in [-0.15, -0.1) is 0 Å². The number of amides is 1. The molecule has 5 nitrogen and oxygen atoms in total. The van der Waals surface area contributed by atoms with Crippen molar-refractivity contribution in [1.82, 2.24) is 10.2 Å². The second kappa shape index (κ2) is 8.58. The van der Waals surface area contributed by atoms with Crippen LogP contribution in [0.3, 0.4) is 0 Å². The van der Waals surface area contributed by atoms with Gasteiger partial charge in [0.1, 0.15) is 5.60 Å². The summed E-state index contributed by atoms with van der Waals surface area (Å²) in [5.74, 6) is 2.50. The van der Waals surface area contributed by atoms with Crippen LogP contribution in [0.4, 0.5) is 4.79 Å². The average molecular weight is 345 g/mol. The Hall–Kier alpha value is -0.460. The molecule has 2 atom stereocenters. The predicted molar refractivity (Wildman–Crippen MR) is 95.1 cm³/mol. The molecule has 0 aromatic rings. The van der Waals surface area contributed by atoms with Crippen LogP contribution in [0, 0.1) is 0 Å². The Kier molecular flexibility index (Phi) is 7.04. The van der Waals surface area contributed by atoms with Gasteiger partial charge in [0.05, 0.1) is 19.3 Å². The van der Waals surface area contributed by atoms with E-state index in [0.717, 1.165) is 6.42 Å². The van der Waals surface area contributed by atoms with E-state index in [9.17, 15) is 4.79 Å². The Morgan fingerprint density at radius 3 is 2.74 bits per heavy atom. The first kappa shape index (κ1) is 18.9. The van der Waals surface area contributed by atoms with E-state index < -0.39 is 5.60 Å². The summed E-state index contributed by atoms with van der Waals surface area (Å²) in [5.41, 5.74) is -0.455. The predicted octanol–water partition coefficient (Wildman–Crippen LogP) is 2.89. The normalized spacial score (nSPS) is 25.2. The number of ether oxygens (including phenoxy) is 2. The second-order valence-corrected chi connectivity index (χ2v) is 8.82. The molecule has 0 saturated carbocycles. The molecule has 2 heterocycles. The Bertz CT molecular complexity index is 381. The molecule has 0 aromatic heterocycles. The highest BCUT2D eigenvalue weighted by Gasteiger charge is 2.32. The number of rotatable bonds is 4. The van der Waals surface area contributed by atoms with Crippen molar-refractivity contribution in [1.29, 1.82) is 0 Å². The number of nitrogens with zero attached hydrogens (tertiary/aromatic N) is 1. The zero-order valence-corrected chi connectivity index (χ0v) is 15.8. The Labute approximate surface area is 144 Å². The van der Waals surface area contributed by atoms with E-state index in [1.165, 1.54) is 24.3 Å². The van der Waals surface area contributed by atoms with E-state index >= 15 is 0 Å². The third kappa shape index (κ3) is 6.51. The van der Waals surface area contributed by atoms with Crippen LogP contribution in [-0.4, -0.2) is 66.0 Å². The third-order valence-corrected chi connectivity index (χ3v) is 5.27. The highest BCUT2D eigenvalue weighted by atomic mass is 32.2. The van der Waals surface area contributed by atoms with E-state index in [0.29, 0.717) is 31.8 Å². The van der Waals surface area contributed by atoms with E-state index in [4.69, 9.17) is 9.47 Å². The van der Waals surface area contributed by atoms with Crippen LogP contribution < -0.4 is 5.32 Å². The summed E-state index contributed by atoms with van der Waals surface area (Å²) in [5, 5.41) is 3.73. The van der Waals surface area contributed by atoms with Gasteiger partial charge >= 0.3 is 6.09 Å². The summed E-state index contributed by atoms with van der Waals surface area (Å²) in [6.45, 7) is 9.75. The zero-order chi connectivity index (χ0) is 16.9. The lowest BCUT2D eigenvalue weighted by Gasteiger charge is -2.38. The molecule has 134 valence electrons. The number of hydrogen-bond acceptors (Lipinski definition) is 5. The number of thioether (sulfide) groups is 1. The molecular weight excluding hydrogens is 312 g/mol. The highest BCUT2D eigenvalue weighted by Crippen LogP contribution is 2.20. The van der Waals surface area contributed by atoms with Crippen molar-refractivity contribution in [3.63, 3.8) is 0 Å². The van der Waals surface area contributed by atoms with E-state index in [2.05, 4.69) is 12.2 Å². The molecule has 2 saturated heterocycles. The Morgan fingerprint density at radius 1 is 1.39 bits per heavy atom. The topological polar surface area (TPSA) is 50.8 Å². The standard InChI is InChI=1S/C17H32N2O3S/c1-13(18-14-5-9-23-10-6-14)11-15-12-21-8-7-19(15)16(20)22-17(2,3)4/h13-15,18H,5-12H2,1-4H3. The third-order valence-electron chi connectivity index (χ3n) is 4.22. The minimum absolute atomic E-state index is 0.0964. The van der Waals surface area contributed by atoms with Gasteiger partial charge in [-0.2, -0.15) is 11.8 Å². The quantitative estimate of drug-likeness (QED) is 0.850. The van der Waals surface area contributed by atoms with Crippen LogP contribution in [0.2, 0.25) is 0 Å². The van der Waals surface area contributed by atoms with Crippen LogP contribution in [-0.2, 0) is 9.47 Å². The molecule has 0 spiro atoms. The van der Waals surface area contributed by atoms with E-state index in [-0.39, 0.29) is 12.1 Å². The zero-order valence-electron chi connectivity index (χ0n) is 15.0. The molecule has 1 N–H and O–H groups in total. The molecule has 0 aliphatic carbocycles. The molecule has 0 bridgehead atoms. The number of hydrogen-bond donors (Lipinski definition) is 1. The van der Waals surface area contributed by atoms with Crippen molar-refractivity contribution in [2.75, 3.05) is 31.3 Å². The molecule has 2 rings (SSSR count). The minimum atomic E-state index is -0.455. The lowest BCUT2D eigenvalue weighted by Crippen LogP contribution is -2.53. The first-order chi connectivity index (χ1) is 10.8. The fourth-order valence-corrected chi connectivity index (χ4v) is 4.26. The molecule has 1 amide bonds. The molecule has 2 unspecified atom stereocenters. The first-order valence-corrected chi connectivity index (χ1v) is 9.92. The minimum Gasteiger partial charge on any atom is -0.444 e. The van der Waals surface area contributed by atoms with Crippen LogP contribution in [0.5, 0.6) is 0 Å². The number of morpholine rings is 1. The smallest absolute Gasteiger partial charge is 0.410 e. The summed E-state index contributed by atoms with van der Waals surface area (Å²) >= 11 is 2.04. The first-order valence-electron chi connectivity index (χ1n) is 8.76. The molecule has 6 heteroatoms. The van der Waals surface area contributed by atoms with Gasteiger partial charge < -0.3 is 19.7 Å². The number of carbonyl (C=O) groups is 1. The van der Waals surface area contributed by atoms with Gasteiger partial charge in [-0.1, -0.05) is 0 Å². The van der Waals surface area contributed by atoms with Crippen LogP contribution in [0.25, 0.3) is 0 Å². The fraction of sp³-hybridized carbons (Fsp3) is 0.941. The lowest BCUT2D eigenvalue weighted by molar-refractivity contribution is -0.0357. The largest absolute Gasteiger partial charge is 0.444 e. The average Bonchev–Trinajstić information content (AvgIpc) is 2.47. The molecular formula is C17H32N2O3S. The van der Waals surface area contributed by atoms with Crippen LogP contribution in [0.15, 0.2) is 0 Å². The van der Waals surface area contributed by atoms with Crippen LogP contribution in [0.1, 0.15) is 47.0 Å². The van der Waals surface area contributed by atoms with Crippen molar-refractivity contribution < 1.29 is 14.3 Å². The summed E-state index contributed by atoms with van der Waals surface area (Å²) in [7, 11) is 0. The van der Waals surface area contributed by atoms with Crippen LogP contribution >= 0.6 is 11.8 Å². The molecule has 0 radical (unpaired) electrons. The molecule has 2 fully saturated rings. The molecule has 23 heavy (non-hydrogen) atoms. The van der Waals surface area contributed by atoms with Crippen molar-refractivity contribution in [2.45, 2.75) is 70.7 Å². The molecule has 0 aromatic carbocycles. The van der Waals surface area contributed by atoms with Crippen molar-refractivity contribution in [3.8, 4) is 0 Å².